The van der Waals surface area contributed by atoms with Gasteiger partial charge in [0.15, 0.2) is 0 Å². The van der Waals surface area contributed by atoms with E-state index in [1.165, 1.54) is 25.0 Å². The van der Waals surface area contributed by atoms with E-state index in [1.807, 2.05) is 6.20 Å². The van der Waals surface area contributed by atoms with Gasteiger partial charge in [-0.1, -0.05) is 32.8 Å². The normalized spacial score (nSPS) is 12.8. The summed E-state index contributed by atoms with van der Waals surface area (Å²) in [6.07, 6.45) is 10.1. The second kappa shape index (κ2) is 8.51. The molecule has 0 bridgehead atoms. The summed E-state index contributed by atoms with van der Waals surface area (Å²) in [5, 5.41) is 0. The summed E-state index contributed by atoms with van der Waals surface area (Å²) in [6.45, 7) is 6.49. The zero-order valence-electron chi connectivity index (χ0n) is 8.64. The maximum absolute atomic E-state index is 4.34. The maximum atomic E-state index is 4.34. The number of hydrogen-bond donors (Lipinski definition) is 0. The van der Waals surface area contributed by atoms with Crippen molar-refractivity contribution in [2.75, 3.05) is 0 Å². The van der Waals surface area contributed by atoms with E-state index in [-0.39, 0.29) is 0 Å². The van der Waals surface area contributed by atoms with Crippen molar-refractivity contribution in [2.45, 2.75) is 52.9 Å². The zero-order chi connectivity index (χ0) is 9.23. The average Bonchev–Trinajstić information content (AvgIpc) is 2.09. The van der Waals surface area contributed by atoms with E-state index in [2.05, 4.69) is 31.8 Å². The summed E-state index contributed by atoms with van der Waals surface area (Å²) >= 11 is 0. The van der Waals surface area contributed by atoms with Crippen LogP contribution in [-0.2, 0) is 0 Å². The standard InChI is InChI=1S/C11H21N/c1-4-6-8-10-12-11(3)9-7-5-2/h8,10H,4-7,9H2,1-3H3/b10-8-,12-11?. The third-order valence-electron chi connectivity index (χ3n) is 1.75. The van der Waals surface area contributed by atoms with Crippen LogP contribution in [0.1, 0.15) is 52.9 Å². The Hall–Kier alpha value is -0.590. The van der Waals surface area contributed by atoms with Crippen molar-refractivity contribution in [3.63, 3.8) is 0 Å². The monoisotopic (exact) mass is 167 g/mol. The van der Waals surface area contributed by atoms with Gasteiger partial charge >= 0.3 is 0 Å². The van der Waals surface area contributed by atoms with Crippen LogP contribution in [0.15, 0.2) is 17.3 Å². The molecule has 0 saturated heterocycles. The van der Waals surface area contributed by atoms with Crippen LogP contribution in [0.25, 0.3) is 0 Å². The lowest BCUT2D eigenvalue weighted by molar-refractivity contribution is 0.833. The van der Waals surface area contributed by atoms with Crippen LogP contribution in [0.5, 0.6) is 0 Å². The van der Waals surface area contributed by atoms with E-state index in [4.69, 9.17) is 0 Å². The minimum absolute atomic E-state index is 1.14. The molecular formula is C11H21N. The molecule has 0 heterocycles. The van der Waals surface area contributed by atoms with Crippen molar-refractivity contribution < 1.29 is 0 Å². The molecule has 0 aliphatic rings. The van der Waals surface area contributed by atoms with E-state index in [0.717, 1.165) is 12.8 Å². The molecule has 0 amide bonds. The van der Waals surface area contributed by atoms with Gasteiger partial charge in [0.25, 0.3) is 0 Å². The highest BCUT2D eigenvalue weighted by Crippen LogP contribution is 1.97. The first-order valence-corrected chi connectivity index (χ1v) is 4.99. The highest BCUT2D eigenvalue weighted by molar-refractivity contribution is 5.82. The summed E-state index contributed by atoms with van der Waals surface area (Å²) < 4.78 is 0. The Morgan fingerprint density at radius 3 is 2.58 bits per heavy atom. The van der Waals surface area contributed by atoms with Crippen molar-refractivity contribution in [2.24, 2.45) is 4.99 Å². The van der Waals surface area contributed by atoms with Gasteiger partial charge in [-0.15, -0.1) is 0 Å². The van der Waals surface area contributed by atoms with Gasteiger partial charge in [-0.25, -0.2) is 0 Å². The van der Waals surface area contributed by atoms with E-state index >= 15 is 0 Å². The van der Waals surface area contributed by atoms with Gasteiger partial charge in [-0.3, -0.25) is 4.99 Å². The van der Waals surface area contributed by atoms with Crippen LogP contribution in [-0.4, -0.2) is 5.71 Å². The fraction of sp³-hybridized carbons (Fsp3) is 0.727. The molecule has 0 atom stereocenters. The zero-order valence-corrected chi connectivity index (χ0v) is 8.64. The summed E-state index contributed by atoms with van der Waals surface area (Å²) in [7, 11) is 0. The third kappa shape index (κ3) is 7.52. The Kier molecular flexibility index (Phi) is 8.09. The van der Waals surface area contributed by atoms with E-state index < -0.39 is 0 Å². The smallest absolute Gasteiger partial charge is 0.0227 e. The Morgan fingerprint density at radius 2 is 2.00 bits per heavy atom. The molecular weight excluding hydrogens is 146 g/mol. The van der Waals surface area contributed by atoms with Crippen molar-refractivity contribution in [1.82, 2.24) is 0 Å². The highest BCUT2D eigenvalue weighted by Gasteiger charge is 1.87. The molecule has 0 fully saturated rings. The Morgan fingerprint density at radius 1 is 1.25 bits per heavy atom. The van der Waals surface area contributed by atoms with Crippen LogP contribution in [0.2, 0.25) is 0 Å². The first-order chi connectivity index (χ1) is 5.81. The van der Waals surface area contributed by atoms with Gasteiger partial charge in [0.05, 0.1) is 0 Å². The van der Waals surface area contributed by atoms with Crippen molar-refractivity contribution >= 4 is 5.71 Å². The lowest BCUT2D eigenvalue weighted by atomic mass is 10.2. The molecule has 1 nitrogen and oxygen atoms in total. The number of unbranched alkanes of at least 4 members (excludes halogenated alkanes) is 2. The molecule has 0 radical (unpaired) electrons. The van der Waals surface area contributed by atoms with Gasteiger partial charge < -0.3 is 0 Å². The molecule has 12 heavy (non-hydrogen) atoms. The first kappa shape index (κ1) is 11.4. The topological polar surface area (TPSA) is 12.4 Å². The van der Waals surface area contributed by atoms with Crippen LogP contribution < -0.4 is 0 Å². The van der Waals surface area contributed by atoms with Gasteiger partial charge in [-0.2, -0.15) is 0 Å². The number of hydrogen-bond acceptors (Lipinski definition) is 1. The summed E-state index contributed by atoms with van der Waals surface area (Å²) in [4.78, 5) is 4.34. The number of allylic oxidation sites excluding steroid dienone is 1. The second-order valence-corrected chi connectivity index (χ2v) is 3.14. The molecule has 0 saturated carbocycles. The SMILES string of the molecule is CCC/C=C\N=C(C)CCCC. The third-order valence-corrected chi connectivity index (χ3v) is 1.75. The number of aliphatic imine (C=N–C) groups is 1. The molecule has 0 aliphatic heterocycles. The minimum Gasteiger partial charge on any atom is -0.266 e. The van der Waals surface area contributed by atoms with Crippen LogP contribution in [0.4, 0.5) is 0 Å². The predicted molar refractivity (Wildman–Crippen MR) is 56.7 cm³/mol. The van der Waals surface area contributed by atoms with Gasteiger partial charge in [0.1, 0.15) is 0 Å². The van der Waals surface area contributed by atoms with Gasteiger partial charge in [0.2, 0.25) is 0 Å². The molecule has 0 spiro atoms. The maximum Gasteiger partial charge on any atom is 0.0227 e. The van der Waals surface area contributed by atoms with Crippen molar-refractivity contribution in [1.29, 1.82) is 0 Å². The molecule has 0 aromatic heterocycles. The summed E-state index contributed by atoms with van der Waals surface area (Å²) in [5.74, 6) is 0. The number of nitrogens with zero attached hydrogens (tertiary/aromatic N) is 1. The van der Waals surface area contributed by atoms with Crippen molar-refractivity contribution in [3.8, 4) is 0 Å². The molecule has 0 N–H and O–H groups in total. The highest BCUT2D eigenvalue weighted by atomic mass is 14.7. The molecule has 70 valence electrons. The fourth-order valence-electron chi connectivity index (χ4n) is 0.918. The molecule has 1 heteroatoms. The minimum atomic E-state index is 1.14. The average molecular weight is 167 g/mol. The molecule has 0 rings (SSSR count). The molecule has 0 aromatic rings. The lowest BCUT2D eigenvalue weighted by Crippen LogP contribution is -1.88. The van der Waals surface area contributed by atoms with E-state index in [0.29, 0.717) is 0 Å². The van der Waals surface area contributed by atoms with E-state index in [9.17, 15) is 0 Å². The lowest BCUT2D eigenvalue weighted by Gasteiger charge is -1.94. The molecule has 0 unspecified atom stereocenters. The van der Waals surface area contributed by atoms with Crippen LogP contribution >= 0.6 is 0 Å². The number of rotatable bonds is 6. The Labute approximate surface area is 76.6 Å². The van der Waals surface area contributed by atoms with E-state index in [1.54, 1.807) is 0 Å². The summed E-state index contributed by atoms with van der Waals surface area (Å²) in [5.41, 5.74) is 1.25. The molecule has 0 aliphatic carbocycles. The first-order valence-electron chi connectivity index (χ1n) is 4.99. The van der Waals surface area contributed by atoms with Gasteiger partial charge in [0, 0.05) is 11.9 Å². The quantitative estimate of drug-likeness (QED) is 0.531. The largest absolute Gasteiger partial charge is 0.266 e. The summed E-state index contributed by atoms with van der Waals surface area (Å²) in [6, 6.07) is 0. The van der Waals surface area contributed by atoms with Gasteiger partial charge in [-0.05, 0) is 26.2 Å². The molecule has 0 aromatic carbocycles. The second-order valence-electron chi connectivity index (χ2n) is 3.14. The van der Waals surface area contributed by atoms with Crippen molar-refractivity contribution in [3.05, 3.63) is 12.3 Å². The van der Waals surface area contributed by atoms with Crippen LogP contribution in [0, 0.1) is 0 Å². The fourth-order valence-corrected chi connectivity index (χ4v) is 0.918. The predicted octanol–water partition coefficient (Wildman–Crippen LogP) is 3.95. The van der Waals surface area contributed by atoms with Crippen LogP contribution in [0.3, 0.4) is 0 Å². The Balaban J connectivity index is 3.53. The Bertz CT molecular complexity index is 145.